The zero-order chi connectivity index (χ0) is 14.8. The van der Waals surface area contributed by atoms with E-state index in [1.165, 1.54) is 0 Å². The van der Waals surface area contributed by atoms with Gasteiger partial charge in [-0.05, 0) is 42.8 Å². The Morgan fingerprint density at radius 3 is 2.86 bits per heavy atom. The minimum atomic E-state index is -0.452. The van der Waals surface area contributed by atoms with Crippen LogP contribution in [0.2, 0.25) is 0 Å². The van der Waals surface area contributed by atoms with Gasteiger partial charge in [0.2, 0.25) is 0 Å². The summed E-state index contributed by atoms with van der Waals surface area (Å²) < 4.78 is 0. The van der Waals surface area contributed by atoms with Crippen molar-refractivity contribution in [1.29, 1.82) is 0 Å². The summed E-state index contributed by atoms with van der Waals surface area (Å²) in [4.78, 5) is 30.9. The van der Waals surface area contributed by atoms with Crippen LogP contribution in [0.1, 0.15) is 15.9 Å². The third kappa shape index (κ3) is 2.67. The zero-order valence-corrected chi connectivity index (χ0v) is 11.4. The third-order valence-electron chi connectivity index (χ3n) is 3.14. The van der Waals surface area contributed by atoms with Crippen molar-refractivity contribution in [3.8, 4) is 0 Å². The molecule has 0 unspecified atom stereocenters. The zero-order valence-electron chi connectivity index (χ0n) is 11.4. The second kappa shape index (κ2) is 5.20. The van der Waals surface area contributed by atoms with Crippen molar-refractivity contribution in [1.82, 2.24) is 9.97 Å². The number of hydrogen-bond acceptors (Lipinski definition) is 3. The molecule has 0 fully saturated rings. The molecule has 0 spiro atoms. The highest BCUT2D eigenvalue weighted by molar-refractivity contribution is 6.05. The van der Waals surface area contributed by atoms with Crippen LogP contribution in [-0.4, -0.2) is 15.9 Å². The van der Waals surface area contributed by atoms with Crippen LogP contribution in [0.4, 0.5) is 5.69 Å². The van der Waals surface area contributed by atoms with Crippen molar-refractivity contribution < 1.29 is 4.79 Å². The topological polar surface area (TPSA) is 74.8 Å². The Bertz CT molecular complexity index is 884. The van der Waals surface area contributed by atoms with Gasteiger partial charge in [-0.1, -0.05) is 12.1 Å². The molecule has 2 N–H and O–H groups in total. The number of aromatic nitrogens is 2. The molecule has 3 rings (SSSR count). The van der Waals surface area contributed by atoms with Gasteiger partial charge >= 0.3 is 0 Å². The van der Waals surface area contributed by atoms with Crippen molar-refractivity contribution >= 4 is 22.6 Å². The van der Waals surface area contributed by atoms with E-state index in [0.717, 1.165) is 5.56 Å². The molecular weight excluding hydrogens is 266 g/mol. The first-order chi connectivity index (χ1) is 10.1. The summed E-state index contributed by atoms with van der Waals surface area (Å²) in [6, 6.07) is 12.5. The molecule has 0 saturated heterocycles. The molecular formula is C16H13N3O2. The van der Waals surface area contributed by atoms with Crippen LogP contribution in [0.15, 0.2) is 53.5 Å². The summed E-state index contributed by atoms with van der Waals surface area (Å²) in [5.74, 6) is -0.437. The number of rotatable bonds is 2. The molecule has 0 saturated carbocycles. The van der Waals surface area contributed by atoms with E-state index >= 15 is 0 Å². The standard InChI is InChI=1S/C16H13N3O2/c1-10-4-2-6-12(8-10)18-15(20)13-9-11-5-3-7-17-14(11)19-16(13)21/h2-9H,1H3,(H,18,20)(H,17,19,21). The summed E-state index contributed by atoms with van der Waals surface area (Å²) in [7, 11) is 0. The lowest BCUT2D eigenvalue weighted by Gasteiger charge is -2.06. The van der Waals surface area contributed by atoms with Gasteiger partial charge in [0.25, 0.3) is 11.5 Å². The van der Waals surface area contributed by atoms with Crippen LogP contribution in [0.3, 0.4) is 0 Å². The number of nitrogens with zero attached hydrogens (tertiary/aromatic N) is 1. The van der Waals surface area contributed by atoms with E-state index < -0.39 is 11.5 Å². The van der Waals surface area contributed by atoms with Crippen molar-refractivity contribution in [2.75, 3.05) is 5.32 Å². The number of fused-ring (bicyclic) bond motifs is 1. The number of benzene rings is 1. The predicted octanol–water partition coefficient (Wildman–Crippen LogP) is 2.48. The average molecular weight is 279 g/mol. The summed E-state index contributed by atoms with van der Waals surface area (Å²) in [5, 5.41) is 3.44. The molecule has 21 heavy (non-hydrogen) atoms. The molecule has 0 bridgehead atoms. The van der Waals surface area contributed by atoms with E-state index in [1.54, 1.807) is 30.5 Å². The molecule has 5 heteroatoms. The smallest absolute Gasteiger partial charge is 0.262 e. The number of pyridine rings is 2. The van der Waals surface area contributed by atoms with Gasteiger partial charge in [-0.2, -0.15) is 0 Å². The molecule has 0 radical (unpaired) electrons. The van der Waals surface area contributed by atoms with Crippen LogP contribution < -0.4 is 10.9 Å². The summed E-state index contributed by atoms with van der Waals surface area (Å²) in [6.45, 7) is 1.93. The second-order valence-electron chi connectivity index (χ2n) is 4.78. The van der Waals surface area contributed by atoms with Gasteiger partial charge < -0.3 is 10.3 Å². The van der Waals surface area contributed by atoms with Gasteiger partial charge in [-0.25, -0.2) is 4.98 Å². The first-order valence-electron chi connectivity index (χ1n) is 6.49. The molecule has 5 nitrogen and oxygen atoms in total. The van der Waals surface area contributed by atoms with Gasteiger partial charge in [-0.15, -0.1) is 0 Å². The summed E-state index contributed by atoms with van der Waals surface area (Å²) in [6.07, 6.45) is 1.59. The number of hydrogen-bond donors (Lipinski definition) is 2. The molecule has 1 aromatic carbocycles. The first-order valence-corrected chi connectivity index (χ1v) is 6.49. The maximum atomic E-state index is 12.2. The molecule has 0 atom stereocenters. The Hall–Kier alpha value is -2.95. The quantitative estimate of drug-likeness (QED) is 0.756. The summed E-state index contributed by atoms with van der Waals surface area (Å²) in [5.41, 5.74) is 1.77. The number of amides is 1. The number of carbonyl (C=O) groups is 1. The normalized spacial score (nSPS) is 10.5. The fourth-order valence-corrected chi connectivity index (χ4v) is 2.12. The van der Waals surface area contributed by atoms with Gasteiger partial charge in [0.15, 0.2) is 0 Å². The van der Waals surface area contributed by atoms with E-state index in [4.69, 9.17) is 0 Å². The van der Waals surface area contributed by atoms with E-state index in [-0.39, 0.29) is 5.56 Å². The predicted molar refractivity (Wildman–Crippen MR) is 81.5 cm³/mol. The highest BCUT2D eigenvalue weighted by Gasteiger charge is 2.12. The Balaban J connectivity index is 1.98. The highest BCUT2D eigenvalue weighted by atomic mass is 16.2. The SMILES string of the molecule is Cc1cccc(NC(=O)c2cc3cccnc3[nH]c2=O)c1. The third-order valence-corrected chi connectivity index (χ3v) is 3.14. The van der Waals surface area contributed by atoms with Gasteiger partial charge in [0.1, 0.15) is 11.2 Å². The minimum absolute atomic E-state index is 0.0667. The minimum Gasteiger partial charge on any atom is -0.322 e. The molecule has 2 aromatic heterocycles. The molecule has 0 aliphatic carbocycles. The van der Waals surface area contributed by atoms with E-state index in [1.807, 2.05) is 25.1 Å². The molecule has 104 valence electrons. The molecule has 0 aliphatic heterocycles. The fourth-order valence-electron chi connectivity index (χ4n) is 2.12. The number of carbonyl (C=O) groups excluding carboxylic acids is 1. The largest absolute Gasteiger partial charge is 0.322 e. The Kier molecular flexibility index (Phi) is 3.23. The number of nitrogens with one attached hydrogen (secondary N) is 2. The molecule has 0 aliphatic rings. The Morgan fingerprint density at radius 2 is 2.05 bits per heavy atom. The number of aryl methyl sites for hydroxylation is 1. The fraction of sp³-hybridized carbons (Fsp3) is 0.0625. The van der Waals surface area contributed by atoms with Crippen molar-refractivity contribution in [2.45, 2.75) is 6.92 Å². The molecule has 2 heterocycles. The van der Waals surface area contributed by atoms with Crippen molar-refractivity contribution in [3.05, 3.63) is 70.1 Å². The van der Waals surface area contributed by atoms with E-state index in [9.17, 15) is 9.59 Å². The van der Waals surface area contributed by atoms with Crippen LogP contribution in [-0.2, 0) is 0 Å². The lowest BCUT2D eigenvalue weighted by molar-refractivity contribution is 0.102. The molecule has 1 amide bonds. The van der Waals surface area contributed by atoms with Gasteiger partial charge in [0, 0.05) is 17.3 Å². The number of aromatic amines is 1. The van der Waals surface area contributed by atoms with E-state index in [0.29, 0.717) is 16.7 Å². The number of anilines is 1. The van der Waals surface area contributed by atoms with Crippen LogP contribution in [0.5, 0.6) is 0 Å². The number of H-pyrrole nitrogens is 1. The second-order valence-corrected chi connectivity index (χ2v) is 4.78. The average Bonchev–Trinajstić information content (AvgIpc) is 2.46. The van der Waals surface area contributed by atoms with Crippen LogP contribution >= 0.6 is 0 Å². The lowest BCUT2D eigenvalue weighted by Crippen LogP contribution is -2.23. The molecule has 3 aromatic rings. The van der Waals surface area contributed by atoms with Gasteiger partial charge in [0.05, 0.1) is 0 Å². The maximum Gasteiger partial charge on any atom is 0.262 e. The maximum absolute atomic E-state index is 12.2. The Labute approximate surface area is 120 Å². The highest BCUT2D eigenvalue weighted by Crippen LogP contribution is 2.12. The monoisotopic (exact) mass is 279 g/mol. The van der Waals surface area contributed by atoms with Crippen LogP contribution in [0, 0.1) is 6.92 Å². The lowest BCUT2D eigenvalue weighted by atomic mass is 10.2. The van der Waals surface area contributed by atoms with Crippen LogP contribution in [0.25, 0.3) is 11.0 Å². The summed E-state index contributed by atoms with van der Waals surface area (Å²) >= 11 is 0. The van der Waals surface area contributed by atoms with Crippen molar-refractivity contribution in [3.63, 3.8) is 0 Å². The van der Waals surface area contributed by atoms with E-state index in [2.05, 4.69) is 15.3 Å². The van der Waals surface area contributed by atoms with Crippen molar-refractivity contribution in [2.24, 2.45) is 0 Å². The Morgan fingerprint density at radius 1 is 1.19 bits per heavy atom. The van der Waals surface area contributed by atoms with Gasteiger partial charge in [-0.3, -0.25) is 9.59 Å². The first kappa shape index (κ1) is 13.1.